The maximum absolute atomic E-state index is 9.03. The van der Waals surface area contributed by atoms with Gasteiger partial charge in [0.2, 0.25) is 0 Å². The molecule has 1 heterocycles. The summed E-state index contributed by atoms with van der Waals surface area (Å²) in [5.41, 5.74) is 2.51. The van der Waals surface area contributed by atoms with Crippen molar-refractivity contribution in [2.75, 3.05) is 18.0 Å². The summed E-state index contributed by atoms with van der Waals surface area (Å²) in [5.74, 6) is 0. The minimum atomic E-state index is 0.634. The monoisotopic (exact) mass is 262 g/mol. The van der Waals surface area contributed by atoms with Gasteiger partial charge in [-0.15, -0.1) is 0 Å². The molecule has 2 nitrogen and oxygen atoms in total. The summed E-state index contributed by atoms with van der Waals surface area (Å²) < 4.78 is 1.05. The second kappa shape index (κ2) is 2.99. The molecular formula is C12H11BrN2. The third-order valence-corrected chi connectivity index (χ3v) is 3.92. The molecule has 15 heavy (non-hydrogen) atoms. The van der Waals surface area contributed by atoms with Crippen LogP contribution in [-0.2, 0) is 0 Å². The molecule has 0 N–H and O–H groups in total. The van der Waals surface area contributed by atoms with Crippen molar-refractivity contribution in [3.63, 3.8) is 0 Å². The highest BCUT2D eigenvalue weighted by atomic mass is 79.9. The molecule has 0 amide bonds. The summed E-state index contributed by atoms with van der Waals surface area (Å²) in [4.78, 5) is 2.32. The van der Waals surface area contributed by atoms with Gasteiger partial charge in [-0.2, -0.15) is 5.26 Å². The van der Waals surface area contributed by atoms with Gasteiger partial charge in [0.25, 0.3) is 0 Å². The number of nitriles is 1. The first-order valence-electron chi connectivity index (χ1n) is 5.17. The Morgan fingerprint density at radius 1 is 1.33 bits per heavy atom. The topological polar surface area (TPSA) is 27.0 Å². The van der Waals surface area contributed by atoms with Crippen LogP contribution in [-0.4, -0.2) is 13.1 Å². The number of halogens is 1. The van der Waals surface area contributed by atoms with Crippen molar-refractivity contribution in [1.29, 1.82) is 5.26 Å². The fourth-order valence-corrected chi connectivity index (χ4v) is 2.64. The SMILES string of the molecule is N#Cc1ccc(Br)cc1N1CC2(CC2)C1. The highest BCUT2D eigenvalue weighted by molar-refractivity contribution is 9.10. The summed E-state index contributed by atoms with van der Waals surface area (Å²) in [6, 6.07) is 8.12. The lowest BCUT2D eigenvalue weighted by molar-refractivity contribution is 0.387. The number of nitrogens with zero attached hydrogens (tertiary/aromatic N) is 2. The van der Waals surface area contributed by atoms with Crippen molar-refractivity contribution >= 4 is 21.6 Å². The van der Waals surface area contributed by atoms with Gasteiger partial charge in [0.05, 0.1) is 11.3 Å². The van der Waals surface area contributed by atoms with Crippen molar-refractivity contribution < 1.29 is 0 Å². The molecule has 76 valence electrons. The van der Waals surface area contributed by atoms with E-state index in [1.54, 1.807) is 0 Å². The average Bonchev–Trinajstić information content (AvgIpc) is 2.95. The quantitative estimate of drug-likeness (QED) is 0.778. The second-order valence-electron chi connectivity index (χ2n) is 4.63. The standard InChI is InChI=1S/C12H11BrN2/c13-10-2-1-9(6-14)11(5-10)15-7-12(8-15)3-4-12/h1-2,5H,3-4,7-8H2. The highest BCUT2D eigenvalue weighted by Gasteiger charge is 2.52. The molecule has 0 atom stereocenters. The van der Waals surface area contributed by atoms with Crippen molar-refractivity contribution in [2.45, 2.75) is 12.8 Å². The molecule has 0 bridgehead atoms. The van der Waals surface area contributed by atoms with E-state index in [0.29, 0.717) is 5.41 Å². The molecule has 0 unspecified atom stereocenters. The third kappa shape index (κ3) is 1.44. The van der Waals surface area contributed by atoms with E-state index in [1.165, 1.54) is 12.8 Å². The minimum absolute atomic E-state index is 0.634. The fourth-order valence-electron chi connectivity index (χ4n) is 2.29. The van der Waals surface area contributed by atoms with Crippen molar-refractivity contribution in [3.8, 4) is 6.07 Å². The molecule has 1 spiro atoms. The lowest BCUT2D eigenvalue weighted by Crippen LogP contribution is -2.48. The van der Waals surface area contributed by atoms with Crippen LogP contribution in [0.15, 0.2) is 22.7 Å². The van der Waals surface area contributed by atoms with Crippen LogP contribution in [0.4, 0.5) is 5.69 Å². The molecule has 3 rings (SSSR count). The van der Waals surface area contributed by atoms with E-state index in [1.807, 2.05) is 18.2 Å². The fraction of sp³-hybridized carbons (Fsp3) is 0.417. The van der Waals surface area contributed by atoms with Crippen molar-refractivity contribution in [1.82, 2.24) is 0 Å². The Hall–Kier alpha value is -1.01. The van der Waals surface area contributed by atoms with Crippen LogP contribution in [0.25, 0.3) is 0 Å². The first-order chi connectivity index (χ1) is 7.22. The molecule has 1 aromatic carbocycles. The van der Waals surface area contributed by atoms with E-state index >= 15 is 0 Å². The summed E-state index contributed by atoms with van der Waals surface area (Å²) in [6.45, 7) is 2.27. The van der Waals surface area contributed by atoms with E-state index in [0.717, 1.165) is 28.8 Å². The molecule has 2 fully saturated rings. The van der Waals surface area contributed by atoms with Gasteiger partial charge in [-0.05, 0) is 31.0 Å². The predicted molar refractivity (Wildman–Crippen MR) is 62.7 cm³/mol. The summed E-state index contributed by atoms with van der Waals surface area (Å²) >= 11 is 3.46. The zero-order valence-corrected chi connectivity index (χ0v) is 9.92. The van der Waals surface area contributed by atoms with Crippen LogP contribution in [0.1, 0.15) is 18.4 Å². The summed E-state index contributed by atoms with van der Waals surface area (Å²) in [6.07, 6.45) is 2.75. The molecule has 0 radical (unpaired) electrons. The maximum atomic E-state index is 9.03. The van der Waals surface area contributed by atoms with Crippen molar-refractivity contribution in [3.05, 3.63) is 28.2 Å². The molecule has 1 aliphatic heterocycles. The molecular weight excluding hydrogens is 252 g/mol. The van der Waals surface area contributed by atoms with Crippen LogP contribution in [0, 0.1) is 16.7 Å². The molecule has 2 aliphatic rings. The molecule has 1 saturated heterocycles. The summed E-state index contributed by atoms with van der Waals surface area (Å²) in [5, 5.41) is 9.03. The number of rotatable bonds is 1. The highest BCUT2D eigenvalue weighted by Crippen LogP contribution is 2.54. The normalized spacial score (nSPS) is 20.9. The summed E-state index contributed by atoms with van der Waals surface area (Å²) in [7, 11) is 0. The second-order valence-corrected chi connectivity index (χ2v) is 5.55. The lowest BCUT2D eigenvalue weighted by atomic mass is 9.95. The van der Waals surface area contributed by atoms with Gasteiger partial charge >= 0.3 is 0 Å². The smallest absolute Gasteiger partial charge is 0.101 e. The van der Waals surface area contributed by atoms with Gasteiger partial charge in [-0.25, -0.2) is 0 Å². The lowest BCUT2D eigenvalue weighted by Gasteiger charge is -2.42. The zero-order chi connectivity index (χ0) is 10.5. The largest absolute Gasteiger partial charge is 0.369 e. The maximum Gasteiger partial charge on any atom is 0.101 e. The Bertz CT molecular complexity index is 449. The van der Waals surface area contributed by atoms with Gasteiger partial charge in [0.15, 0.2) is 0 Å². The van der Waals surface area contributed by atoms with Crippen LogP contribution in [0.5, 0.6) is 0 Å². The van der Waals surface area contributed by atoms with E-state index in [9.17, 15) is 0 Å². The first-order valence-corrected chi connectivity index (χ1v) is 5.96. The zero-order valence-electron chi connectivity index (χ0n) is 8.33. The minimum Gasteiger partial charge on any atom is -0.369 e. The van der Waals surface area contributed by atoms with Gasteiger partial charge in [0, 0.05) is 23.0 Å². The Kier molecular flexibility index (Phi) is 1.84. The average molecular weight is 263 g/mol. The Morgan fingerprint density at radius 3 is 2.67 bits per heavy atom. The van der Waals surface area contributed by atoms with Crippen LogP contribution in [0.2, 0.25) is 0 Å². The van der Waals surface area contributed by atoms with Crippen LogP contribution in [0.3, 0.4) is 0 Å². The Morgan fingerprint density at radius 2 is 2.07 bits per heavy atom. The van der Waals surface area contributed by atoms with Crippen LogP contribution < -0.4 is 4.90 Å². The van der Waals surface area contributed by atoms with Gasteiger partial charge in [-0.1, -0.05) is 15.9 Å². The number of anilines is 1. The predicted octanol–water partition coefficient (Wildman–Crippen LogP) is 2.92. The molecule has 1 aromatic rings. The molecule has 1 aliphatic carbocycles. The number of benzene rings is 1. The van der Waals surface area contributed by atoms with Crippen molar-refractivity contribution in [2.24, 2.45) is 5.41 Å². The Labute approximate surface area is 97.6 Å². The van der Waals surface area contributed by atoms with Gasteiger partial charge < -0.3 is 4.90 Å². The number of hydrogen-bond donors (Lipinski definition) is 0. The van der Waals surface area contributed by atoms with Gasteiger partial charge in [-0.3, -0.25) is 0 Å². The van der Waals surface area contributed by atoms with Crippen LogP contribution >= 0.6 is 15.9 Å². The van der Waals surface area contributed by atoms with E-state index in [2.05, 4.69) is 26.9 Å². The van der Waals surface area contributed by atoms with E-state index < -0.39 is 0 Å². The molecule has 3 heteroatoms. The van der Waals surface area contributed by atoms with E-state index in [-0.39, 0.29) is 0 Å². The van der Waals surface area contributed by atoms with E-state index in [4.69, 9.17) is 5.26 Å². The first kappa shape index (κ1) is 9.23. The van der Waals surface area contributed by atoms with Gasteiger partial charge in [0.1, 0.15) is 6.07 Å². The molecule has 1 saturated carbocycles. The molecule has 0 aromatic heterocycles. The Balaban J connectivity index is 1.90. The number of hydrogen-bond acceptors (Lipinski definition) is 2. The third-order valence-electron chi connectivity index (χ3n) is 3.43.